The van der Waals surface area contributed by atoms with E-state index in [4.69, 9.17) is 0 Å². The molecule has 0 aliphatic carbocycles. The average Bonchev–Trinajstić information content (AvgIpc) is 2.86. The number of carbonyl (C=O) groups excluding carboxylic acids is 1. The molecule has 0 aliphatic heterocycles. The summed E-state index contributed by atoms with van der Waals surface area (Å²) in [5.74, 6) is 0.972. The molecular formula is C11H12N4O2. The highest BCUT2D eigenvalue weighted by molar-refractivity contribution is 5.85. The molecule has 0 bridgehead atoms. The zero-order valence-electron chi connectivity index (χ0n) is 9.62. The Morgan fingerprint density at radius 3 is 2.94 bits per heavy atom. The monoisotopic (exact) mass is 232 g/mol. The van der Waals surface area contributed by atoms with Crippen molar-refractivity contribution in [3.05, 3.63) is 36.3 Å². The van der Waals surface area contributed by atoms with Gasteiger partial charge in [0.15, 0.2) is 0 Å². The van der Waals surface area contributed by atoms with Crippen molar-refractivity contribution < 1.29 is 9.53 Å². The number of imidazole rings is 1. The summed E-state index contributed by atoms with van der Waals surface area (Å²) in [6.45, 7) is 2.00. The highest BCUT2D eigenvalue weighted by Crippen LogP contribution is 2.08. The van der Waals surface area contributed by atoms with Crippen LogP contribution in [0.15, 0.2) is 24.7 Å². The van der Waals surface area contributed by atoms with Gasteiger partial charge in [-0.2, -0.15) is 0 Å². The molecule has 2 heterocycles. The van der Waals surface area contributed by atoms with Gasteiger partial charge >= 0.3 is 5.97 Å². The fourth-order valence-electron chi connectivity index (χ4n) is 1.48. The first-order valence-electron chi connectivity index (χ1n) is 5.20. The summed E-state index contributed by atoms with van der Waals surface area (Å²) >= 11 is 0. The molecular weight excluding hydrogens is 220 g/mol. The Morgan fingerprint density at radius 2 is 2.24 bits per heavy atom. The normalized spacial score (nSPS) is 10.2. The van der Waals surface area contributed by atoms with Crippen molar-refractivity contribution in [3.8, 4) is 5.82 Å². The minimum atomic E-state index is -0.551. The van der Waals surface area contributed by atoms with Crippen LogP contribution in [-0.4, -0.2) is 32.6 Å². The van der Waals surface area contributed by atoms with Crippen molar-refractivity contribution in [2.45, 2.75) is 13.3 Å². The number of hydrogen-bond donors (Lipinski definition) is 0. The minimum absolute atomic E-state index is 0.0424. The average molecular weight is 232 g/mol. The number of ether oxygens (including phenoxy) is 1. The first kappa shape index (κ1) is 11.3. The summed E-state index contributed by atoms with van der Waals surface area (Å²) in [6.07, 6.45) is 5.79. The maximum absolute atomic E-state index is 11.3. The number of aromatic nitrogens is 4. The van der Waals surface area contributed by atoms with Crippen molar-refractivity contribution in [2.24, 2.45) is 0 Å². The Balaban J connectivity index is 2.43. The Bertz CT molecular complexity index is 536. The summed E-state index contributed by atoms with van der Waals surface area (Å²) in [7, 11) is 1.30. The molecule has 0 atom stereocenters. The fourth-order valence-corrected chi connectivity index (χ4v) is 1.48. The van der Waals surface area contributed by atoms with E-state index in [1.54, 1.807) is 18.5 Å². The number of carbonyl (C=O) groups is 1. The largest absolute Gasteiger partial charge is 0.463 e. The summed E-state index contributed by atoms with van der Waals surface area (Å²) < 4.78 is 6.39. The molecule has 2 aromatic rings. The number of methoxy groups -OCH3 is 1. The van der Waals surface area contributed by atoms with Gasteiger partial charge in [-0.25, -0.2) is 19.7 Å². The lowest BCUT2D eigenvalue weighted by atomic mass is 10.4. The van der Waals surface area contributed by atoms with Gasteiger partial charge in [-0.15, -0.1) is 0 Å². The van der Waals surface area contributed by atoms with Crippen LogP contribution < -0.4 is 0 Å². The molecule has 0 aliphatic rings. The third-order valence-electron chi connectivity index (χ3n) is 2.29. The maximum atomic E-state index is 11.3. The lowest BCUT2D eigenvalue weighted by Crippen LogP contribution is -2.10. The van der Waals surface area contributed by atoms with Crippen molar-refractivity contribution in [3.63, 3.8) is 0 Å². The molecule has 0 fully saturated rings. The summed E-state index contributed by atoms with van der Waals surface area (Å²) in [5, 5.41) is 0. The number of rotatable bonds is 3. The number of esters is 1. The van der Waals surface area contributed by atoms with Gasteiger partial charge in [-0.3, -0.25) is 4.57 Å². The molecule has 0 aromatic carbocycles. The van der Waals surface area contributed by atoms with E-state index in [-0.39, 0.29) is 5.82 Å². The Labute approximate surface area is 98.3 Å². The molecule has 0 N–H and O–H groups in total. The fraction of sp³-hybridized carbons (Fsp3) is 0.273. The predicted molar refractivity (Wildman–Crippen MR) is 59.9 cm³/mol. The number of aryl methyl sites for hydroxylation is 1. The Morgan fingerprint density at radius 1 is 1.41 bits per heavy atom. The summed E-state index contributed by atoms with van der Waals surface area (Å²) in [4.78, 5) is 23.5. The molecule has 88 valence electrons. The van der Waals surface area contributed by atoms with Crippen LogP contribution in [0.2, 0.25) is 0 Å². The number of hydrogen-bond acceptors (Lipinski definition) is 5. The van der Waals surface area contributed by atoms with Gasteiger partial charge in [-0.05, 0) is 6.07 Å². The van der Waals surface area contributed by atoms with Crippen LogP contribution in [0.5, 0.6) is 0 Å². The van der Waals surface area contributed by atoms with E-state index in [1.165, 1.54) is 13.3 Å². The topological polar surface area (TPSA) is 69.9 Å². The van der Waals surface area contributed by atoms with Crippen molar-refractivity contribution >= 4 is 5.97 Å². The van der Waals surface area contributed by atoms with E-state index in [9.17, 15) is 4.79 Å². The van der Waals surface area contributed by atoms with Gasteiger partial charge in [-0.1, -0.05) is 6.92 Å². The molecule has 0 saturated carbocycles. The van der Waals surface area contributed by atoms with Crippen LogP contribution in [0.3, 0.4) is 0 Å². The first-order chi connectivity index (χ1) is 8.26. The maximum Gasteiger partial charge on any atom is 0.376 e. The van der Waals surface area contributed by atoms with E-state index in [0.29, 0.717) is 5.82 Å². The smallest absolute Gasteiger partial charge is 0.376 e. The van der Waals surface area contributed by atoms with Gasteiger partial charge in [0.2, 0.25) is 5.82 Å². The van der Waals surface area contributed by atoms with E-state index in [1.807, 2.05) is 11.5 Å². The molecule has 0 unspecified atom stereocenters. The van der Waals surface area contributed by atoms with E-state index in [0.717, 1.165) is 12.2 Å². The van der Waals surface area contributed by atoms with Crippen LogP contribution >= 0.6 is 0 Å². The van der Waals surface area contributed by atoms with Crippen LogP contribution in [0.4, 0.5) is 0 Å². The Kier molecular flexibility index (Phi) is 3.13. The van der Waals surface area contributed by atoms with Gasteiger partial charge in [0, 0.05) is 25.0 Å². The van der Waals surface area contributed by atoms with Crippen molar-refractivity contribution in [1.82, 2.24) is 19.5 Å². The summed E-state index contributed by atoms with van der Waals surface area (Å²) in [6, 6.07) is 1.72. The minimum Gasteiger partial charge on any atom is -0.463 e. The molecule has 0 saturated heterocycles. The zero-order valence-corrected chi connectivity index (χ0v) is 9.62. The molecule has 6 nitrogen and oxygen atoms in total. The first-order valence-corrected chi connectivity index (χ1v) is 5.20. The molecule has 2 rings (SSSR count). The highest BCUT2D eigenvalue weighted by atomic mass is 16.5. The Hall–Kier alpha value is -2.24. The van der Waals surface area contributed by atoms with Gasteiger partial charge in [0.05, 0.1) is 7.11 Å². The standard InChI is InChI=1S/C11H12N4O2/c1-3-8-12-6-7-15(8)9-4-5-13-10(14-9)11(16)17-2/h4-7H,3H2,1-2H3. The molecule has 17 heavy (non-hydrogen) atoms. The highest BCUT2D eigenvalue weighted by Gasteiger charge is 2.11. The van der Waals surface area contributed by atoms with Crippen molar-refractivity contribution in [2.75, 3.05) is 7.11 Å². The second-order valence-corrected chi connectivity index (χ2v) is 3.30. The second-order valence-electron chi connectivity index (χ2n) is 3.30. The van der Waals surface area contributed by atoms with Gasteiger partial charge < -0.3 is 4.74 Å². The van der Waals surface area contributed by atoms with Crippen LogP contribution in [0.1, 0.15) is 23.4 Å². The molecule has 0 radical (unpaired) electrons. The molecule has 0 spiro atoms. The quantitative estimate of drug-likeness (QED) is 0.739. The van der Waals surface area contributed by atoms with Crippen molar-refractivity contribution in [1.29, 1.82) is 0 Å². The lowest BCUT2D eigenvalue weighted by Gasteiger charge is -2.05. The predicted octanol–water partition coefficient (Wildman–Crippen LogP) is 1.01. The molecule has 0 amide bonds. The van der Waals surface area contributed by atoms with Crippen LogP contribution in [-0.2, 0) is 11.2 Å². The zero-order chi connectivity index (χ0) is 12.3. The second kappa shape index (κ2) is 4.73. The van der Waals surface area contributed by atoms with Gasteiger partial charge in [0.1, 0.15) is 11.6 Å². The molecule has 2 aromatic heterocycles. The van der Waals surface area contributed by atoms with Gasteiger partial charge in [0.25, 0.3) is 0 Å². The van der Waals surface area contributed by atoms with Crippen LogP contribution in [0.25, 0.3) is 5.82 Å². The van der Waals surface area contributed by atoms with Crippen LogP contribution in [0, 0.1) is 0 Å². The third-order valence-corrected chi connectivity index (χ3v) is 2.29. The lowest BCUT2D eigenvalue weighted by molar-refractivity contribution is 0.0586. The molecule has 6 heteroatoms. The SMILES string of the molecule is CCc1nccn1-c1ccnc(C(=O)OC)n1. The summed E-state index contributed by atoms with van der Waals surface area (Å²) in [5.41, 5.74) is 0. The third kappa shape index (κ3) is 2.15. The van der Waals surface area contributed by atoms with E-state index >= 15 is 0 Å². The van der Waals surface area contributed by atoms with E-state index < -0.39 is 5.97 Å². The number of nitrogens with zero attached hydrogens (tertiary/aromatic N) is 4. The van der Waals surface area contributed by atoms with E-state index in [2.05, 4.69) is 19.7 Å².